The molecule has 70 valence electrons. The first kappa shape index (κ1) is 11.9. The lowest BCUT2D eigenvalue weighted by atomic mass is 9.97. The molecule has 0 aliphatic rings. The number of aromatic hydroxyl groups is 2. The predicted octanol–water partition coefficient (Wildman–Crippen LogP) is 2.25. The normalized spacial score (nSPS) is 8.77. The van der Waals surface area contributed by atoms with E-state index in [9.17, 15) is 0 Å². The molecule has 0 unspecified atom stereocenters. The summed E-state index contributed by atoms with van der Waals surface area (Å²) in [6.07, 6.45) is 1.26. The van der Waals surface area contributed by atoms with Gasteiger partial charge in [0.25, 0.3) is 0 Å². The predicted molar refractivity (Wildman–Crippen MR) is 55.4 cm³/mol. The second kappa shape index (κ2) is 6.41. The molecule has 2 nitrogen and oxygen atoms in total. The molecule has 2 radical (unpaired) electrons. The zero-order valence-electron chi connectivity index (χ0n) is 8.12. The minimum absolute atomic E-state index is 0.0871. The van der Waals surface area contributed by atoms with Gasteiger partial charge in [0.1, 0.15) is 0 Å². The van der Waals surface area contributed by atoms with Gasteiger partial charge in [0.2, 0.25) is 0 Å². The molecule has 0 heterocycles. The van der Waals surface area contributed by atoms with E-state index in [-0.39, 0.29) is 11.5 Å². The Labute approximate surface area is 80.6 Å². The van der Waals surface area contributed by atoms with E-state index >= 15 is 0 Å². The minimum atomic E-state index is -0.0919. The second-order valence-electron chi connectivity index (χ2n) is 2.36. The number of hydrogen-bond acceptors (Lipinski definition) is 2. The van der Waals surface area contributed by atoms with Crippen LogP contribution >= 0.6 is 0 Å². The molecule has 1 aromatic carbocycles. The lowest BCUT2D eigenvalue weighted by molar-refractivity contribution is 0.403. The standard InChI is InChI=1S/C8H9BO2.C2H6/c9-4-3-6-1-2-7(10)8(11)5-6;1-2/h1-2,5,10-11H,3-4H2;1-2H3. The van der Waals surface area contributed by atoms with Crippen LogP contribution in [0, 0.1) is 0 Å². The van der Waals surface area contributed by atoms with E-state index in [1.807, 2.05) is 13.8 Å². The van der Waals surface area contributed by atoms with E-state index in [1.54, 1.807) is 6.07 Å². The molecule has 2 N–H and O–H groups in total. The van der Waals surface area contributed by atoms with Crippen molar-refractivity contribution in [3.05, 3.63) is 23.8 Å². The lowest BCUT2D eigenvalue weighted by Crippen LogP contribution is -1.82. The molecular weight excluding hydrogens is 163 g/mol. The van der Waals surface area contributed by atoms with Crippen LogP contribution in [0.4, 0.5) is 0 Å². The summed E-state index contributed by atoms with van der Waals surface area (Å²) < 4.78 is 0. The van der Waals surface area contributed by atoms with E-state index in [0.717, 1.165) is 5.56 Å². The van der Waals surface area contributed by atoms with Gasteiger partial charge in [-0.3, -0.25) is 0 Å². The van der Waals surface area contributed by atoms with Crippen molar-refractivity contribution >= 4 is 7.85 Å². The van der Waals surface area contributed by atoms with Crippen molar-refractivity contribution in [2.24, 2.45) is 0 Å². The summed E-state index contributed by atoms with van der Waals surface area (Å²) in [5.41, 5.74) is 0.933. The van der Waals surface area contributed by atoms with Gasteiger partial charge in [-0.15, -0.1) is 0 Å². The number of rotatable bonds is 2. The van der Waals surface area contributed by atoms with E-state index in [2.05, 4.69) is 0 Å². The zero-order valence-corrected chi connectivity index (χ0v) is 8.12. The molecule has 13 heavy (non-hydrogen) atoms. The summed E-state index contributed by atoms with van der Waals surface area (Å²) in [6, 6.07) is 4.71. The quantitative estimate of drug-likeness (QED) is 0.538. The fourth-order valence-corrected chi connectivity index (χ4v) is 0.891. The van der Waals surface area contributed by atoms with Gasteiger partial charge < -0.3 is 10.2 Å². The molecule has 0 saturated carbocycles. The summed E-state index contributed by atoms with van der Waals surface area (Å²) in [5, 5.41) is 18.0. The van der Waals surface area contributed by atoms with Gasteiger partial charge in [-0.2, -0.15) is 0 Å². The molecule has 0 aliphatic heterocycles. The second-order valence-corrected chi connectivity index (χ2v) is 2.36. The SMILES string of the molecule is CC.[B]CCc1ccc(O)c(O)c1. The van der Waals surface area contributed by atoms with Crippen molar-refractivity contribution < 1.29 is 10.2 Å². The molecule has 0 spiro atoms. The molecule has 1 rings (SSSR count). The average molecular weight is 178 g/mol. The average Bonchev–Trinajstić information content (AvgIpc) is 2.15. The summed E-state index contributed by atoms with van der Waals surface area (Å²) in [4.78, 5) is 0. The third-order valence-electron chi connectivity index (χ3n) is 1.47. The van der Waals surface area contributed by atoms with Crippen molar-refractivity contribution in [1.29, 1.82) is 0 Å². The summed E-state index contributed by atoms with van der Waals surface area (Å²) >= 11 is 0. The van der Waals surface area contributed by atoms with Crippen LogP contribution in [0.5, 0.6) is 11.5 Å². The van der Waals surface area contributed by atoms with Crippen LogP contribution in [0.2, 0.25) is 6.32 Å². The van der Waals surface area contributed by atoms with Crippen LogP contribution in [-0.2, 0) is 6.42 Å². The molecular formula is C10H15BO2. The molecule has 0 amide bonds. The van der Waals surface area contributed by atoms with E-state index < -0.39 is 0 Å². The maximum absolute atomic E-state index is 9.04. The van der Waals surface area contributed by atoms with Crippen LogP contribution < -0.4 is 0 Å². The van der Waals surface area contributed by atoms with Crippen LogP contribution in [0.3, 0.4) is 0 Å². The highest BCUT2D eigenvalue weighted by atomic mass is 16.3. The van der Waals surface area contributed by atoms with Gasteiger partial charge in [0.05, 0.1) is 7.85 Å². The van der Waals surface area contributed by atoms with E-state index in [4.69, 9.17) is 18.1 Å². The molecule has 0 atom stereocenters. The third-order valence-corrected chi connectivity index (χ3v) is 1.47. The van der Waals surface area contributed by atoms with Crippen molar-refractivity contribution in [3.8, 4) is 11.5 Å². The molecule has 3 heteroatoms. The van der Waals surface area contributed by atoms with Crippen LogP contribution in [0.25, 0.3) is 0 Å². The first-order chi connectivity index (χ1) is 6.24. The Bertz CT molecular complexity index is 249. The number of benzene rings is 1. The molecule has 0 saturated heterocycles. The Morgan fingerprint density at radius 1 is 1.15 bits per heavy atom. The highest BCUT2D eigenvalue weighted by molar-refractivity contribution is 6.08. The van der Waals surface area contributed by atoms with Crippen molar-refractivity contribution in [3.63, 3.8) is 0 Å². The number of hydrogen-bond donors (Lipinski definition) is 2. The van der Waals surface area contributed by atoms with Gasteiger partial charge in [0.15, 0.2) is 11.5 Å². The van der Waals surface area contributed by atoms with Gasteiger partial charge in [-0.05, 0) is 24.1 Å². The first-order valence-electron chi connectivity index (χ1n) is 4.45. The number of phenols is 2. The van der Waals surface area contributed by atoms with Crippen LogP contribution in [0.15, 0.2) is 18.2 Å². The Hall–Kier alpha value is -1.12. The van der Waals surface area contributed by atoms with Crippen molar-refractivity contribution in [2.45, 2.75) is 26.6 Å². The zero-order chi connectivity index (χ0) is 10.3. The molecule has 0 aromatic heterocycles. The van der Waals surface area contributed by atoms with E-state index in [0.29, 0.717) is 12.7 Å². The van der Waals surface area contributed by atoms with Crippen molar-refractivity contribution in [2.75, 3.05) is 0 Å². The Kier molecular flexibility index (Phi) is 5.86. The molecule has 0 aliphatic carbocycles. The fraction of sp³-hybridized carbons (Fsp3) is 0.400. The Balaban J connectivity index is 0.000000671. The fourth-order valence-electron chi connectivity index (χ4n) is 0.891. The number of aryl methyl sites for hydroxylation is 1. The Morgan fingerprint density at radius 3 is 2.23 bits per heavy atom. The molecule has 1 aromatic rings. The first-order valence-corrected chi connectivity index (χ1v) is 4.45. The highest BCUT2D eigenvalue weighted by Gasteiger charge is 1.98. The van der Waals surface area contributed by atoms with E-state index in [1.165, 1.54) is 12.1 Å². The topological polar surface area (TPSA) is 40.5 Å². The minimum Gasteiger partial charge on any atom is -0.504 e. The maximum Gasteiger partial charge on any atom is 0.157 e. The monoisotopic (exact) mass is 178 g/mol. The maximum atomic E-state index is 9.04. The van der Waals surface area contributed by atoms with Gasteiger partial charge in [-0.1, -0.05) is 26.2 Å². The Morgan fingerprint density at radius 2 is 1.77 bits per heavy atom. The molecule has 0 fully saturated rings. The van der Waals surface area contributed by atoms with Gasteiger partial charge in [-0.25, -0.2) is 0 Å². The van der Waals surface area contributed by atoms with Crippen molar-refractivity contribution in [1.82, 2.24) is 0 Å². The highest BCUT2D eigenvalue weighted by Crippen LogP contribution is 2.25. The summed E-state index contributed by atoms with van der Waals surface area (Å²) in [5.74, 6) is -0.179. The van der Waals surface area contributed by atoms with Crippen LogP contribution in [0.1, 0.15) is 19.4 Å². The van der Waals surface area contributed by atoms with Gasteiger partial charge in [0, 0.05) is 0 Å². The third kappa shape index (κ3) is 3.88. The molecule has 0 bridgehead atoms. The lowest BCUT2D eigenvalue weighted by Gasteiger charge is -2.00. The largest absolute Gasteiger partial charge is 0.504 e. The van der Waals surface area contributed by atoms with Crippen LogP contribution in [-0.4, -0.2) is 18.1 Å². The summed E-state index contributed by atoms with van der Waals surface area (Å²) in [6.45, 7) is 4.00. The smallest absolute Gasteiger partial charge is 0.157 e. The summed E-state index contributed by atoms with van der Waals surface area (Å²) in [7, 11) is 5.30. The van der Waals surface area contributed by atoms with Gasteiger partial charge >= 0.3 is 0 Å². The number of phenolic OH excluding ortho intramolecular Hbond substituents is 2.